The molecule has 1 atom stereocenters. The lowest BCUT2D eigenvalue weighted by Gasteiger charge is -2.29. The molecule has 1 fully saturated rings. The van der Waals surface area contributed by atoms with Crippen molar-refractivity contribution in [2.75, 3.05) is 18.1 Å². The first-order valence-corrected chi connectivity index (χ1v) is 11.5. The van der Waals surface area contributed by atoms with Crippen molar-refractivity contribution < 1.29 is 22.9 Å². The average molecular weight is 473 g/mol. The van der Waals surface area contributed by atoms with Gasteiger partial charge in [0, 0.05) is 34.8 Å². The topological polar surface area (TPSA) is 107 Å². The van der Waals surface area contributed by atoms with Crippen molar-refractivity contribution >= 4 is 44.6 Å². The summed E-state index contributed by atoms with van der Waals surface area (Å²) in [5, 5.41) is 11.5. The van der Waals surface area contributed by atoms with E-state index < -0.39 is 26.7 Å². The van der Waals surface area contributed by atoms with Gasteiger partial charge in [0.25, 0.3) is 11.6 Å². The number of non-ortho nitro benzene ring substituents is 1. The van der Waals surface area contributed by atoms with Gasteiger partial charge in [-0.15, -0.1) is 0 Å². The van der Waals surface area contributed by atoms with Crippen LogP contribution in [-0.2, 0) is 21.2 Å². The second kappa shape index (κ2) is 9.20. The van der Waals surface area contributed by atoms with E-state index in [1.165, 1.54) is 29.2 Å². The minimum Gasteiger partial charge on any atom is -0.484 e. The van der Waals surface area contributed by atoms with Gasteiger partial charge in [0.15, 0.2) is 16.4 Å². The third-order valence-corrected chi connectivity index (χ3v) is 7.07. The molecule has 2 aromatic carbocycles. The molecule has 11 heteroatoms. The van der Waals surface area contributed by atoms with Crippen LogP contribution in [0.5, 0.6) is 5.75 Å². The molecule has 0 aromatic heterocycles. The number of hydrogen-bond acceptors (Lipinski definition) is 6. The first-order chi connectivity index (χ1) is 14.1. The molecule has 0 bridgehead atoms. The lowest BCUT2D eigenvalue weighted by molar-refractivity contribution is -0.384. The van der Waals surface area contributed by atoms with E-state index in [-0.39, 0.29) is 36.1 Å². The van der Waals surface area contributed by atoms with Crippen LogP contribution in [0.15, 0.2) is 42.5 Å². The average Bonchev–Trinajstić information content (AvgIpc) is 3.05. The molecule has 1 aliphatic heterocycles. The zero-order chi connectivity index (χ0) is 21.9. The van der Waals surface area contributed by atoms with Crippen molar-refractivity contribution in [1.82, 2.24) is 4.90 Å². The monoisotopic (exact) mass is 472 g/mol. The Labute approximate surface area is 183 Å². The van der Waals surface area contributed by atoms with Gasteiger partial charge in [-0.25, -0.2) is 8.42 Å². The maximum atomic E-state index is 12.9. The van der Waals surface area contributed by atoms with Crippen LogP contribution in [0, 0.1) is 10.1 Å². The molecule has 1 aliphatic rings. The van der Waals surface area contributed by atoms with Crippen molar-refractivity contribution in [1.29, 1.82) is 0 Å². The molecule has 0 aliphatic carbocycles. The predicted molar refractivity (Wildman–Crippen MR) is 113 cm³/mol. The summed E-state index contributed by atoms with van der Waals surface area (Å²) in [5.74, 6) is -0.237. The SMILES string of the molecule is O=C(COc1ccc([N+](=O)[O-])cc1)N(Cc1ccc(Cl)cc1Cl)[C@@H]1CCS(=O)(=O)C1. The van der Waals surface area contributed by atoms with E-state index in [2.05, 4.69) is 0 Å². The van der Waals surface area contributed by atoms with Crippen LogP contribution in [0.3, 0.4) is 0 Å². The number of sulfone groups is 1. The maximum absolute atomic E-state index is 12.9. The fraction of sp³-hybridized carbons (Fsp3) is 0.316. The Morgan fingerprint density at radius 1 is 1.20 bits per heavy atom. The summed E-state index contributed by atoms with van der Waals surface area (Å²) in [7, 11) is -3.22. The summed E-state index contributed by atoms with van der Waals surface area (Å²) < 4.78 is 29.3. The number of benzene rings is 2. The molecule has 0 unspecified atom stereocenters. The van der Waals surface area contributed by atoms with Gasteiger partial charge < -0.3 is 9.64 Å². The van der Waals surface area contributed by atoms with Gasteiger partial charge in [0.05, 0.1) is 16.4 Å². The number of rotatable bonds is 7. The van der Waals surface area contributed by atoms with E-state index in [0.717, 1.165) is 0 Å². The van der Waals surface area contributed by atoms with Crippen molar-refractivity contribution in [3.63, 3.8) is 0 Å². The third-order valence-electron chi connectivity index (χ3n) is 4.74. The lowest BCUT2D eigenvalue weighted by atomic mass is 10.1. The van der Waals surface area contributed by atoms with E-state index in [9.17, 15) is 23.3 Å². The Morgan fingerprint density at radius 2 is 1.90 bits per heavy atom. The zero-order valence-electron chi connectivity index (χ0n) is 15.7. The van der Waals surface area contributed by atoms with Gasteiger partial charge in [-0.2, -0.15) is 0 Å². The third kappa shape index (κ3) is 5.62. The number of carbonyl (C=O) groups excluding carboxylic acids is 1. The van der Waals surface area contributed by atoms with Crippen LogP contribution in [-0.4, -0.2) is 48.3 Å². The minimum absolute atomic E-state index is 0.0129. The van der Waals surface area contributed by atoms with Gasteiger partial charge in [-0.05, 0) is 36.2 Å². The van der Waals surface area contributed by atoms with Crippen LogP contribution in [0.1, 0.15) is 12.0 Å². The molecule has 0 saturated carbocycles. The summed E-state index contributed by atoms with van der Waals surface area (Å²) in [6, 6.07) is 9.73. The lowest BCUT2D eigenvalue weighted by Crippen LogP contribution is -2.43. The normalized spacial score (nSPS) is 17.5. The molecule has 1 amide bonds. The van der Waals surface area contributed by atoms with Crippen molar-refractivity contribution in [2.24, 2.45) is 0 Å². The highest BCUT2D eigenvalue weighted by molar-refractivity contribution is 7.91. The number of amides is 1. The van der Waals surface area contributed by atoms with Gasteiger partial charge in [0.2, 0.25) is 0 Å². The molecular formula is C19H18Cl2N2O6S. The molecule has 3 rings (SSSR count). The largest absolute Gasteiger partial charge is 0.484 e. The van der Waals surface area contributed by atoms with Gasteiger partial charge in [-0.1, -0.05) is 29.3 Å². The van der Waals surface area contributed by atoms with E-state index >= 15 is 0 Å². The number of nitrogens with zero attached hydrogens (tertiary/aromatic N) is 2. The molecule has 160 valence electrons. The highest BCUT2D eigenvalue weighted by Crippen LogP contribution is 2.26. The van der Waals surface area contributed by atoms with Crippen molar-refractivity contribution in [3.05, 3.63) is 68.2 Å². The smallest absolute Gasteiger partial charge is 0.269 e. The highest BCUT2D eigenvalue weighted by atomic mass is 35.5. The Kier molecular flexibility index (Phi) is 6.84. The fourth-order valence-electron chi connectivity index (χ4n) is 3.17. The van der Waals surface area contributed by atoms with Crippen LogP contribution in [0.4, 0.5) is 5.69 Å². The number of nitro groups is 1. The first kappa shape index (κ1) is 22.3. The second-order valence-corrected chi connectivity index (χ2v) is 9.93. The summed E-state index contributed by atoms with van der Waals surface area (Å²) in [6.45, 7) is -0.238. The standard InChI is InChI=1S/C19H18Cl2N2O6S/c20-14-2-1-13(18(21)9-14)10-22(16-7-8-30(27,28)12-16)19(24)11-29-17-5-3-15(4-6-17)23(25)26/h1-6,9,16H,7-8,10-12H2/t16-/m1/s1. The number of hydrogen-bond donors (Lipinski definition) is 0. The summed E-state index contributed by atoms with van der Waals surface area (Å²) in [4.78, 5) is 24.5. The summed E-state index contributed by atoms with van der Waals surface area (Å²) in [6.07, 6.45) is 0.330. The number of halogens is 2. The van der Waals surface area contributed by atoms with E-state index in [4.69, 9.17) is 27.9 Å². The van der Waals surface area contributed by atoms with Crippen molar-refractivity contribution in [2.45, 2.75) is 19.0 Å². The van der Waals surface area contributed by atoms with Crippen LogP contribution >= 0.6 is 23.2 Å². The molecular weight excluding hydrogens is 455 g/mol. The fourth-order valence-corrected chi connectivity index (χ4v) is 5.37. The molecule has 0 N–H and O–H groups in total. The maximum Gasteiger partial charge on any atom is 0.269 e. The number of carbonyl (C=O) groups is 1. The predicted octanol–water partition coefficient (Wildman–Crippen LogP) is 3.50. The number of nitro benzene ring substituents is 1. The van der Waals surface area contributed by atoms with E-state index in [0.29, 0.717) is 22.0 Å². The summed E-state index contributed by atoms with van der Waals surface area (Å²) in [5.41, 5.74) is 0.540. The number of ether oxygens (including phenoxy) is 1. The first-order valence-electron chi connectivity index (χ1n) is 8.96. The summed E-state index contributed by atoms with van der Waals surface area (Å²) >= 11 is 12.1. The van der Waals surface area contributed by atoms with Gasteiger partial charge in [0.1, 0.15) is 5.75 Å². The van der Waals surface area contributed by atoms with Crippen molar-refractivity contribution in [3.8, 4) is 5.75 Å². The Hall–Kier alpha value is -2.36. The molecule has 1 heterocycles. The zero-order valence-corrected chi connectivity index (χ0v) is 18.0. The molecule has 1 saturated heterocycles. The Morgan fingerprint density at radius 3 is 2.47 bits per heavy atom. The van der Waals surface area contributed by atoms with Crippen LogP contribution in [0.2, 0.25) is 10.0 Å². The highest BCUT2D eigenvalue weighted by Gasteiger charge is 2.35. The van der Waals surface area contributed by atoms with Crippen LogP contribution < -0.4 is 4.74 Å². The van der Waals surface area contributed by atoms with Crippen LogP contribution in [0.25, 0.3) is 0 Å². The second-order valence-electron chi connectivity index (χ2n) is 6.85. The minimum atomic E-state index is -3.22. The molecule has 0 spiro atoms. The Bertz CT molecular complexity index is 1060. The van der Waals surface area contributed by atoms with E-state index in [1.54, 1.807) is 18.2 Å². The molecule has 30 heavy (non-hydrogen) atoms. The van der Waals surface area contributed by atoms with Gasteiger partial charge >= 0.3 is 0 Å². The van der Waals surface area contributed by atoms with E-state index in [1.807, 2.05) is 0 Å². The Balaban J connectivity index is 1.75. The molecule has 8 nitrogen and oxygen atoms in total. The molecule has 0 radical (unpaired) electrons. The van der Waals surface area contributed by atoms with Gasteiger partial charge in [-0.3, -0.25) is 14.9 Å². The molecule has 2 aromatic rings. The quantitative estimate of drug-likeness (QED) is 0.450.